The molecule has 1 aliphatic carbocycles. The number of rotatable bonds is 5. The maximum Gasteiger partial charge on any atom is 0.426 e. The van der Waals surface area contributed by atoms with E-state index < -0.39 is 72.3 Å². The molecule has 2 aliphatic heterocycles. The van der Waals surface area contributed by atoms with Gasteiger partial charge >= 0.3 is 24.1 Å². The summed E-state index contributed by atoms with van der Waals surface area (Å²) in [7, 11) is 2.51. The fourth-order valence-corrected chi connectivity index (χ4v) is 5.60. The summed E-state index contributed by atoms with van der Waals surface area (Å²) in [4.78, 5) is 52.4. The summed E-state index contributed by atoms with van der Waals surface area (Å²) >= 11 is 0. The number of H-pyrrole nitrogens is 1. The maximum absolute atomic E-state index is 13.3. The van der Waals surface area contributed by atoms with E-state index in [9.17, 15) is 24.3 Å². The van der Waals surface area contributed by atoms with E-state index in [0.29, 0.717) is 11.1 Å². The zero-order chi connectivity index (χ0) is 33.3. The number of nitrogens with one attached hydrogen (secondary N) is 3. The van der Waals surface area contributed by atoms with Gasteiger partial charge in [0, 0.05) is 31.6 Å². The minimum Gasteiger partial charge on any atom is -0.456 e. The van der Waals surface area contributed by atoms with Crippen LogP contribution in [-0.4, -0.2) is 84.7 Å². The summed E-state index contributed by atoms with van der Waals surface area (Å²) < 4.78 is 33.2. The van der Waals surface area contributed by atoms with Crippen LogP contribution in [0.3, 0.4) is 0 Å². The Morgan fingerprint density at radius 2 is 1.84 bits per heavy atom. The number of amides is 2. The van der Waals surface area contributed by atoms with Crippen molar-refractivity contribution in [2.75, 3.05) is 14.2 Å². The van der Waals surface area contributed by atoms with Gasteiger partial charge in [-0.1, -0.05) is 39.0 Å². The van der Waals surface area contributed by atoms with Gasteiger partial charge in [0.2, 0.25) is 0 Å². The Labute approximate surface area is 262 Å². The van der Waals surface area contributed by atoms with Crippen LogP contribution in [-0.2, 0) is 33.2 Å². The molecular weight excluding hydrogens is 590 g/mol. The number of hydrazine groups is 1. The number of esters is 2. The summed E-state index contributed by atoms with van der Waals surface area (Å²) in [6, 6.07) is 3.27. The predicted octanol–water partition coefficient (Wildman–Crippen LogP) is 3.45. The molecule has 4 N–H and O–H groups in total. The number of aromatic nitrogens is 1. The molecule has 14 heteroatoms. The Hall–Kier alpha value is -4.14. The Morgan fingerprint density at radius 1 is 1.13 bits per heavy atom. The highest BCUT2D eigenvalue weighted by atomic mass is 16.6. The standard InChI is InChI=1S/C29H37N3O11.C2H6/c1-15-11-16(2)29-14-18(21(13-23(33)43-29)41-25(34)20-7-6-10-30-20)8-9-19(29)12-22(38-4)26(35)42-24(15)17(3)40-28(37)32-31-27(36)39-5;1-2/h6-11,14-15,17,19,21-24,30,33H,12-13H2,1-5H3,(H,31,36)(H,32,37);1-2H3/b16-11+;/t15?,17?,19-,21-,22+,23?,24+,29?;/m1./s1. The topological polar surface area (TPSA) is 184 Å². The lowest BCUT2D eigenvalue weighted by atomic mass is 9.72. The molecule has 1 spiro atoms. The molecule has 3 heterocycles. The second-order valence-electron chi connectivity index (χ2n) is 10.6. The number of hydrogen-bond donors (Lipinski definition) is 4. The van der Waals surface area contributed by atoms with Gasteiger partial charge in [0.25, 0.3) is 0 Å². The third-order valence-corrected chi connectivity index (χ3v) is 7.76. The highest BCUT2D eigenvalue weighted by Crippen LogP contribution is 2.45. The lowest BCUT2D eigenvalue weighted by molar-refractivity contribution is -0.182. The molecule has 1 aromatic heterocycles. The van der Waals surface area contributed by atoms with Crippen molar-refractivity contribution in [3.8, 4) is 0 Å². The fraction of sp³-hybridized carbons (Fsp3) is 0.548. The van der Waals surface area contributed by atoms with Crippen molar-refractivity contribution in [2.45, 2.75) is 83.8 Å². The van der Waals surface area contributed by atoms with Crippen molar-refractivity contribution >= 4 is 24.1 Å². The zero-order valence-corrected chi connectivity index (χ0v) is 26.5. The Morgan fingerprint density at radius 3 is 2.49 bits per heavy atom. The van der Waals surface area contributed by atoms with Crippen LogP contribution in [0.2, 0.25) is 0 Å². The molecule has 1 aromatic rings. The predicted molar refractivity (Wildman–Crippen MR) is 159 cm³/mol. The van der Waals surface area contributed by atoms with Crippen LogP contribution in [0.25, 0.3) is 0 Å². The molecule has 45 heavy (non-hydrogen) atoms. The Kier molecular flexibility index (Phi) is 12.4. The van der Waals surface area contributed by atoms with Crippen molar-refractivity contribution < 1.29 is 52.7 Å². The van der Waals surface area contributed by atoms with Gasteiger partial charge < -0.3 is 38.5 Å². The molecule has 8 atom stereocenters. The molecule has 2 bridgehead atoms. The third-order valence-electron chi connectivity index (χ3n) is 7.76. The normalized spacial score (nSPS) is 31.0. The minimum atomic E-state index is -1.32. The van der Waals surface area contributed by atoms with E-state index in [4.69, 9.17) is 23.7 Å². The van der Waals surface area contributed by atoms with Crippen molar-refractivity contribution in [1.29, 1.82) is 0 Å². The van der Waals surface area contributed by atoms with Crippen LogP contribution in [0.5, 0.6) is 0 Å². The van der Waals surface area contributed by atoms with Crippen LogP contribution in [0.15, 0.2) is 53.8 Å². The Bertz CT molecular complexity index is 1290. The first-order valence-corrected chi connectivity index (χ1v) is 14.8. The van der Waals surface area contributed by atoms with E-state index in [-0.39, 0.29) is 18.5 Å². The number of ether oxygens (including phenoxy) is 6. The van der Waals surface area contributed by atoms with E-state index in [1.807, 2.05) is 49.9 Å². The summed E-state index contributed by atoms with van der Waals surface area (Å²) in [6.45, 7) is 9.15. The third kappa shape index (κ3) is 8.32. The monoisotopic (exact) mass is 633 g/mol. The van der Waals surface area contributed by atoms with Gasteiger partial charge in [-0.25, -0.2) is 30.0 Å². The molecule has 14 nitrogen and oxygen atoms in total. The number of aliphatic hydroxyl groups is 1. The van der Waals surface area contributed by atoms with E-state index in [1.165, 1.54) is 7.11 Å². The average Bonchev–Trinajstić information content (AvgIpc) is 3.53. The minimum absolute atomic E-state index is 0.0160. The van der Waals surface area contributed by atoms with Gasteiger partial charge in [0.15, 0.2) is 12.4 Å². The smallest absolute Gasteiger partial charge is 0.426 e. The lowest BCUT2D eigenvalue weighted by Crippen LogP contribution is -2.49. The van der Waals surface area contributed by atoms with E-state index in [0.717, 1.165) is 7.11 Å². The first-order valence-electron chi connectivity index (χ1n) is 14.8. The van der Waals surface area contributed by atoms with E-state index >= 15 is 0 Å². The first kappa shape index (κ1) is 35.3. The van der Waals surface area contributed by atoms with Gasteiger partial charge in [0.1, 0.15) is 29.6 Å². The van der Waals surface area contributed by atoms with Gasteiger partial charge in [-0.3, -0.25) is 0 Å². The maximum atomic E-state index is 13.3. The Balaban J connectivity index is 0.00000271. The van der Waals surface area contributed by atoms with Crippen molar-refractivity contribution in [2.24, 2.45) is 11.8 Å². The number of aromatic amines is 1. The number of carbonyl (C=O) groups excluding carboxylic acids is 4. The lowest BCUT2D eigenvalue weighted by Gasteiger charge is -2.43. The molecule has 0 radical (unpaired) electrons. The van der Waals surface area contributed by atoms with Crippen LogP contribution < -0.4 is 10.9 Å². The SMILES string of the molecule is CC.COC(=O)NNC(=O)OC(C)[C@H]1OC(=O)[C@@H](OC)C[C@H]2C=CC3=CC2(OC(O)C[C@H]3OC(=O)c2ccc[nH]2)/C(C)=C/C1C. The molecule has 4 rings (SSSR count). The summed E-state index contributed by atoms with van der Waals surface area (Å²) in [5.41, 5.74) is 4.41. The number of hydrogen-bond acceptors (Lipinski definition) is 11. The summed E-state index contributed by atoms with van der Waals surface area (Å²) in [6.07, 6.45) is 2.03. The second kappa shape index (κ2) is 15.7. The van der Waals surface area contributed by atoms with Gasteiger partial charge in [-0.2, -0.15) is 0 Å². The highest BCUT2D eigenvalue weighted by molar-refractivity contribution is 5.87. The first-order chi connectivity index (χ1) is 21.5. The van der Waals surface area contributed by atoms with Crippen LogP contribution in [0.4, 0.5) is 9.59 Å². The summed E-state index contributed by atoms with van der Waals surface area (Å²) in [5.74, 6) is -2.25. The number of aliphatic hydroxyl groups excluding tert-OH is 1. The zero-order valence-electron chi connectivity index (χ0n) is 26.5. The molecule has 3 aliphatic rings. The molecule has 4 unspecified atom stereocenters. The number of methoxy groups -OCH3 is 2. The largest absolute Gasteiger partial charge is 0.456 e. The molecular formula is C31H43N3O11. The average molecular weight is 634 g/mol. The summed E-state index contributed by atoms with van der Waals surface area (Å²) in [5, 5.41) is 11.0. The quantitative estimate of drug-likeness (QED) is 0.161. The highest BCUT2D eigenvalue weighted by Gasteiger charge is 2.49. The molecule has 0 saturated carbocycles. The van der Waals surface area contributed by atoms with Gasteiger partial charge in [0.05, 0.1) is 7.11 Å². The molecule has 2 amide bonds. The van der Waals surface area contributed by atoms with E-state index in [1.54, 1.807) is 38.3 Å². The number of cyclic esters (lactones) is 1. The van der Waals surface area contributed by atoms with Crippen LogP contribution in [0.1, 0.15) is 57.9 Å². The molecule has 0 fully saturated rings. The van der Waals surface area contributed by atoms with E-state index in [2.05, 4.69) is 9.72 Å². The number of carbonyl (C=O) groups is 4. The van der Waals surface area contributed by atoms with Gasteiger partial charge in [-0.15, -0.1) is 0 Å². The van der Waals surface area contributed by atoms with Crippen LogP contribution >= 0.6 is 0 Å². The van der Waals surface area contributed by atoms with Crippen molar-refractivity contribution in [1.82, 2.24) is 15.8 Å². The fourth-order valence-electron chi connectivity index (χ4n) is 5.60. The van der Waals surface area contributed by atoms with Crippen molar-refractivity contribution in [3.05, 3.63) is 59.5 Å². The van der Waals surface area contributed by atoms with Gasteiger partial charge in [-0.05, 0) is 49.6 Å². The van der Waals surface area contributed by atoms with Crippen LogP contribution in [0, 0.1) is 11.8 Å². The molecule has 248 valence electrons. The molecule has 0 saturated heterocycles. The van der Waals surface area contributed by atoms with Crippen molar-refractivity contribution in [3.63, 3.8) is 0 Å². The second-order valence-corrected chi connectivity index (χ2v) is 10.6. The molecule has 0 aromatic carbocycles.